The SMILES string of the molecule is CC(O)C(NC(=O)Nc1ccc(Cl)c(Br)c1)C(=O)O. The number of hydrogen-bond acceptors (Lipinski definition) is 3. The average molecular weight is 352 g/mol. The second-order valence-corrected chi connectivity index (χ2v) is 5.05. The van der Waals surface area contributed by atoms with Gasteiger partial charge in [0.1, 0.15) is 0 Å². The van der Waals surface area contributed by atoms with Crippen molar-refractivity contribution in [2.45, 2.75) is 19.1 Å². The first kappa shape index (κ1) is 15.7. The largest absolute Gasteiger partial charge is 0.480 e. The van der Waals surface area contributed by atoms with E-state index in [1.165, 1.54) is 6.92 Å². The number of halogens is 2. The van der Waals surface area contributed by atoms with Crippen LogP contribution in [0.15, 0.2) is 22.7 Å². The fourth-order valence-electron chi connectivity index (χ4n) is 1.27. The molecule has 104 valence electrons. The van der Waals surface area contributed by atoms with E-state index in [-0.39, 0.29) is 0 Å². The van der Waals surface area contributed by atoms with Gasteiger partial charge in [0.2, 0.25) is 0 Å². The van der Waals surface area contributed by atoms with Crippen LogP contribution in [-0.4, -0.2) is 34.4 Å². The maximum absolute atomic E-state index is 11.6. The summed E-state index contributed by atoms with van der Waals surface area (Å²) in [5.74, 6) is -1.32. The van der Waals surface area contributed by atoms with E-state index in [0.29, 0.717) is 15.2 Å². The van der Waals surface area contributed by atoms with Gasteiger partial charge >= 0.3 is 12.0 Å². The fourth-order valence-corrected chi connectivity index (χ4v) is 1.77. The molecule has 2 amide bonds. The summed E-state index contributed by atoms with van der Waals surface area (Å²) in [4.78, 5) is 22.4. The van der Waals surface area contributed by atoms with Crippen LogP contribution in [0.1, 0.15) is 6.92 Å². The van der Waals surface area contributed by atoms with Crippen LogP contribution in [0.4, 0.5) is 10.5 Å². The van der Waals surface area contributed by atoms with Gasteiger partial charge in [-0.25, -0.2) is 9.59 Å². The predicted molar refractivity (Wildman–Crippen MR) is 74.4 cm³/mol. The highest BCUT2D eigenvalue weighted by Crippen LogP contribution is 2.25. The molecule has 0 aliphatic rings. The zero-order chi connectivity index (χ0) is 14.6. The highest BCUT2D eigenvalue weighted by atomic mass is 79.9. The number of rotatable bonds is 4. The lowest BCUT2D eigenvalue weighted by molar-refractivity contribution is -0.141. The van der Waals surface area contributed by atoms with Crippen LogP contribution < -0.4 is 10.6 Å². The molecule has 2 atom stereocenters. The van der Waals surface area contributed by atoms with E-state index in [2.05, 4.69) is 26.6 Å². The highest BCUT2D eigenvalue weighted by Gasteiger charge is 2.24. The van der Waals surface area contributed by atoms with E-state index in [1.54, 1.807) is 18.2 Å². The minimum Gasteiger partial charge on any atom is -0.480 e. The summed E-state index contributed by atoms with van der Waals surface area (Å²) in [7, 11) is 0. The standard InChI is InChI=1S/C11H12BrClN2O4/c1-5(16)9(10(17)18)15-11(19)14-6-2-3-8(13)7(12)4-6/h2-5,9,16H,1H3,(H,17,18)(H2,14,15,19). The van der Waals surface area contributed by atoms with E-state index < -0.39 is 24.1 Å². The molecule has 0 fully saturated rings. The second-order valence-electron chi connectivity index (χ2n) is 3.78. The molecule has 0 aliphatic heterocycles. The Balaban J connectivity index is 2.69. The minimum atomic E-state index is -1.38. The zero-order valence-electron chi connectivity index (χ0n) is 9.85. The van der Waals surface area contributed by atoms with Gasteiger partial charge in [0, 0.05) is 10.2 Å². The molecule has 0 saturated heterocycles. The van der Waals surface area contributed by atoms with Crippen LogP contribution in [0.25, 0.3) is 0 Å². The van der Waals surface area contributed by atoms with Crippen molar-refractivity contribution in [2.75, 3.05) is 5.32 Å². The lowest BCUT2D eigenvalue weighted by Crippen LogP contribution is -2.49. The van der Waals surface area contributed by atoms with Gasteiger partial charge in [0.25, 0.3) is 0 Å². The molecular formula is C11H12BrClN2O4. The van der Waals surface area contributed by atoms with Gasteiger partial charge in [-0.15, -0.1) is 0 Å². The number of aliphatic hydroxyl groups is 1. The molecule has 0 heterocycles. The van der Waals surface area contributed by atoms with Crippen molar-refractivity contribution in [3.8, 4) is 0 Å². The predicted octanol–water partition coefficient (Wildman–Crippen LogP) is 2.06. The number of aliphatic hydroxyl groups excluding tert-OH is 1. The Kier molecular flexibility index (Phi) is 5.59. The van der Waals surface area contributed by atoms with Crippen molar-refractivity contribution in [3.05, 3.63) is 27.7 Å². The van der Waals surface area contributed by atoms with Gasteiger partial charge in [0.05, 0.1) is 11.1 Å². The Hall–Kier alpha value is -1.31. The third-order valence-corrected chi connectivity index (χ3v) is 3.43. The Labute approximate surface area is 122 Å². The van der Waals surface area contributed by atoms with E-state index in [4.69, 9.17) is 16.7 Å². The molecule has 0 spiro atoms. The first-order valence-electron chi connectivity index (χ1n) is 5.24. The molecule has 0 radical (unpaired) electrons. The molecular weight excluding hydrogens is 339 g/mol. The first-order valence-corrected chi connectivity index (χ1v) is 6.42. The lowest BCUT2D eigenvalue weighted by atomic mass is 10.2. The molecule has 1 rings (SSSR count). The van der Waals surface area contributed by atoms with Crippen molar-refractivity contribution in [1.29, 1.82) is 0 Å². The van der Waals surface area contributed by atoms with Crippen molar-refractivity contribution < 1.29 is 19.8 Å². The maximum Gasteiger partial charge on any atom is 0.328 e. The van der Waals surface area contributed by atoms with Crippen LogP contribution in [0.5, 0.6) is 0 Å². The van der Waals surface area contributed by atoms with Gasteiger partial charge in [0.15, 0.2) is 6.04 Å². The third-order valence-electron chi connectivity index (χ3n) is 2.21. The monoisotopic (exact) mass is 350 g/mol. The summed E-state index contributed by atoms with van der Waals surface area (Å²) in [6.07, 6.45) is -1.21. The number of carboxylic acids is 1. The number of carbonyl (C=O) groups excluding carboxylic acids is 1. The second kappa shape index (κ2) is 6.74. The molecule has 8 heteroatoms. The van der Waals surface area contributed by atoms with Gasteiger partial charge in [-0.3, -0.25) is 0 Å². The topological polar surface area (TPSA) is 98.7 Å². The highest BCUT2D eigenvalue weighted by molar-refractivity contribution is 9.10. The fraction of sp³-hybridized carbons (Fsp3) is 0.273. The Morgan fingerprint density at radius 3 is 2.53 bits per heavy atom. The Bertz CT molecular complexity index is 496. The van der Waals surface area contributed by atoms with E-state index in [9.17, 15) is 14.7 Å². The van der Waals surface area contributed by atoms with Crippen LogP contribution in [0, 0.1) is 0 Å². The van der Waals surface area contributed by atoms with E-state index >= 15 is 0 Å². The number of carbonyl (C=O) groups is 2. The molecule has 4 N–H and O–H groups in total. The van der Waals surface area contributed by atoms with Crippen LogP contribution in [-0.2, 0) is 4.79 Å². The Morgan fingerprint density at radius 1 is 1.42 bits per heavy atom. The van der Waals surface area contributed by atoms with E-state index in [0.717, 1.165) is 0 Å². The average Bonchev–Trinajstić information content (AvgIpc) is 2.30. The van der Waals surface area contributed by atoms with E-state index in [1.807, 2.05) is 0 Å². The summed E-state index contributed by atoms with van der Waals surface area (Å²) in [6.45, 7) is 1.28. The number of benzene rings is 1. The van der Waals surface area contributed by atoms with Gasteiger partial charge in [-0.1, -0.05) is 11.6 Å². The van der Waals surface area contributed by atoms with Gasteiger partial charge in [-0.05, 0) is 41.1 Å². The molecule has 0 aromatic heterocycles. The summed E-state index contributed by atoms with van der Waals surface area (Å²) in [5.41, 5.74) is 0.434. The normalized spacial score (nSPS) is 13.5. The van der Waals surface area contributed by atoms with Gasteiger partial charge < -0.3 is 20.8 Å². The number of amides is 2. The van der Waals surface area contributed by atoms with Crippen molar-refractivity contribution >= 4 is 45.2 Å². The number of anilines is 1. The number of aliphatic carboxylic acids is 1. The maximum atomic E-state index is 11.6. The quantitative estimate of drug-likeness (QED) is 0.667. The summed E-state index contributed by atoms with van der Waals surface area (Å²) >= 11 is 8.99. The number of urea groups is 1. The smallest absolute Gasteiger partial charge is 0.328 e. The third kappa shape index (κ3) is 4.70. The number of carboxylic acid groups (broad SMARTS) is 1. The molecule has 1 aromatic rings. The van der Waals surface area contributed by atoms with Crippen molar-refractivity contribution in [1.82, 2.24) is 5.32 Å². The summed E-state index contributed by atoms with van der Waals surface area (Å²) < 4.78 is 0.595. The first-order chi connectivity index (χ1) is 8.81. The molecule has 0 bridgehead atoms. The van der Waals surface area contributed by atoms with Crippen LogP contribution in [0.2, 0.25) is 5.02 Å². The zero-order valence-corrected chi connectivity index (χ0v) is 12.2. The molecule has 6 nitrogen and oxygen atoms in total. The number of hydrogen-bond donors (Lipinski definition) is 4. The van der Waals surface area contributed by atoms with Crippen molar-refractivity contribution in [3.63, 3.8) is 0 Å². The lowest BCUT2D eigenvalue weighted by Gasteiger charge is -2.17. The number of nitrogens with one attached hydrogen (secondary N) is 2. The summed E-state index contributed by atoms with van der Waals surface area (Å²) in [5, 5.41) is 23.1. The minimum absolute atomic E-state index is 0.434. The Morgan fingerprint density at radius 2 is 2.05 bits per heavy atom. The molecule has 1 aromatic carbocycles. The van der Waals surface area contributed by atoms with Crippen LogP contribution >= 0.6 is 27.5 Å². The molecule has 2 unspecified atom stereocenters. The van der Waals surface area contributed by atoms with Gasteiger partial charge in [-0.2, -0.15) is 0 Å². The van der Waals surface area contributed by atoms with Crippen LogP contribution in [0.3, 0.4) is 0 Å². The molecule has 0 saturated carbocycles. The van der Waals surface area contributed by atoms with Crippen molar-refractivity contribution in [2.24, 2.45) is 0 Å². The summed E-state index contributed by atoms with van der Waals surface area (Å²) in [6, 6.07) is 2.59. The molecule has 0 aliphatic carbocycles. The molecule has 19 heavy (non-hydrogen) atoms.